The van der Waals surface area contributed by atoms with Crippen molar-refractivity contribution in [1.82, 2.24) is 0 Å². The first-order valence-electron chi connectivity index (χ1n) is 8.32. The number of carbonyl (C=O) groups excluding carboxylic acids is 1. The molecule has 0 bridgehead atoms. The normalized spacial score (nSPS) is 13.9. The standard InChI is InChI=1S/C18H18ClN3O5/c19-13-1-4-15(5-2-13)27-12-18(23)20-16-6-3-14(22(24)25)11-17(16)21-7-9-26-10-8-21/h1-6,11H,7-10,12H2,(H,20,23). The Morgan fingerprint density at radius 3 is 2.59 bits per heavy atom. The first kappa shape index (κ1) is 18.9. The van der Waals surface area contributed by atoms with Crippen LogP contribution in [0.5, 0.6) is 5.75 Å². The number of amides is 1. The van der Waals surface area contributed by atoms with Crippen LogP contribution in [0.1, 0.15) is 0 Å². The van der Waals surface area contributed by atoms with E-state index in [0.717, 1.165) is 0 Å². The van der Waals surface area contributed by atoms with Gasteiger partial charge in [-0.25, -0.2) is 0 Å². The molecule has 2 aromatic carbocycles. The summed E-state index contributed by atoms with van der Waals surface area (Å²) in [4.78, 5) is 24.9. The van der Waals surface area contributed by atoms with E-state index in [1.54, 1.807) is 24.3 Å². The molecule has 142 valence electrons. The molecule has 0 saturated carbocycles. The molecule has 1 aliphatic rings. The number of benzene rings is 2. The second-order valence-corrected chi connectivity index (χ2v) is 6.29. The molecule has 27 heavy (non-hydrogen) atoms. The Kier molecular flexibility index (Phi) is 6.10. The predicted molar refractivity (Wildman–Crippen MR) is 102 cm³/mol. The van der Waals surface area contributed by atoms with Crippen molar-refractivity contribution >= 4 is 34.6 Å². The van der Waals surface area contributed by atoms with Gasteiger partial charge in [0.05, 0.1) is 29.5 Å². The van der Waals surface area contributed by atoms with Gasteiger partial charge in [-0.1, -0.05) is 11.6 Å². The van der Waals surface area contributed by atoms with E-state index >= 15 is 0 Å². The molecule has 1 saturated heterocycles. The van der Waals surface area contributed by atoms with Crippen LogP contribution in [0.15, 0.2) is 42.5 Å². The molecular weight excluding hydrogens is 374 g/mol. The Bertz CT molecular complexity index is 822. The molecule has 0 radical (unpaired) electrons. The van der Waals surface area contributed by atoms with E-state index in [-0.39, 0.29) is 18.2 Å². The zero-order chi connectivity index (χ0) is 19.2. The van der Waals surface area contributed by atoms with E-state index in [4.69, 9.17) is 21.1 Å². The van der Waals surface area contributed by atoms with Gasteiger partial charge in [0.1, 0.15) is 5.75 Å². The lowest BCUT2D eigenvalue weighted by Gasteiger charge is -2.30. The van der Waals surface area contributed by atoms with Gasteiger partial charge >= 0.3 is 0 Å². The van der Waals surface area contributed by atoms with Crippen LogP contribution in [0.25, 0.3) is 0 Å². The van der Waals surface area contributed by atoms with Gasteiger partial charge in [-0.3, -0.25) is 14.9 Å². The maximum atomic E-state index is 12.3. The molecule has 3 rings (SSSR count). The Morgan fingerprint density at radius 1 is 1.22 bits per heavy atom. The first-order valence-corrected chi connectivity index (χ1v) is 8.70. The van der Waals surface area contributed by atoms with Crippen LogP contribution in [0, 0.1) is 10.1 Å². The van der Waals surface area contributed by atoms with Crippen LogP contribution < -0.4 is 15.0 Å². The zero-order valence-electron chi connectivity index (χ0n) is 14.4. The second kappa shape index (κ2) is 8.70. The summed E-state index contributed by atoms with van der Waals surface area (Å²) in [7, 11) is 0. The molecule has 1 aliphatic heterocycles. The number of morpholine rings is 1. The summed E-state index contributed by atoms with van der Waals surface area (Å²) in [6.45, 7) is 2.03. The van der Waals surface area contributed by atoms with Crippen molar-refractivity contribution < 1.29 is 19.2 Å². The number of non-ortho nitro benzene ring substituents is 1. The van der Waals surface area contributed by atoms with Gasteiger partial charge in [-0.15, -0.1) is 0 Å². The molecule has 1 amide bonds. The number of carbonyl (C=O) groups is 1. The Morgan fingerprint density at radius 2 is 1.93 bits per heavy atom. The van der Waals surface area contributed by atoms with Crippen molar-refractivity contribution in [2.45, 2.75) is 0 Å². The number of hydrogen-bond acceptors (Lipinski definition) is 6. The first-order chi connectivity index (χ1) is 13.0. The van der Waals surface area contributed by atoms with Crippen molar-refractivity contribution in [3.63, 3.8) is 0 Å². The minimum atomic E-state index is -0.459. The lowest BCUT2D eigenvalue weighted by molar-refractivity contribution is -0.384. The molecule has 0 aromatic heterocycles. The molecule has 0 atom stereocenters. The third kappa shape index (κ3) is 5.08. The number of nitrogens with one attached hydrogen (secondary N) is 1. The highest BCUT2D eigenvalue weighted by molar-refractivity contribution is 6.30. The molecule has 9 heteroatoms. The number of ether oxygens (including phenoxy) is 2. The van der Waals surface area contributed by atoms with Gasteiger partial charge in [0.15, 0.2) is 6.61 Å². The fourth-order valence-electron chi connectivity index (χ4n) is 2.67. The quantitative estimate of drug-likeness (QED) is 0.600. The molecule has 0 unspecified atom stereocenters. The molecule has 1 heterocycles. The molecule has 0 aliphatic carbocycles. The van der Waals surface area contributed by atoms with Gasteiger partial charge in [0.25, 0.3) is 11.6 Å². The highest BCUT2D eigenvalue weighted by Gasteiger charge is 2.20. The molecule has 0 spiro atoms. The number of nitro benzene ring substituents is 1. The van der Waals surface area contributed by atoms with Crippen LogP contribution in [-0.2, 0) is 9.53 Å². The average molecular weight is 392 g/mol. The van der Waals surface area contributed by atoms with Gasteiger partial charge in [0, 0.05) is 30.2 Å². The van der Waals surface area contributed by atoms with E-state index < -0.39 is 4.92 Å². The Hall–Kier alpha value is -2.84. The van der Waals surface area contributed by atoms with Crippen LogP contribution in [0.4, 0.5) is 17.1 Å². The number of nitro groups is 1. The third-order valence-corrected chi connectivity index (χ3v) is 4.25. The van der Waals surface area contributed by atoms with Crippen molar-refractivity contribution in [1.29, 1.82) is 0 Å². The van der Waals surface area contributed by atoms with Crippen LogP contribution in [0.2, 0.25) is 5.02 Å². The molecule has 8 nitrogen and oxygen atoms in total. The van der Waals surface area contributed by atoms with Crippen LogP contribution >= 0.6 is 11.6 Å². The molecular formula is C18H18ClN3O5. The molecule has 1 N–H and O–H groups in total. The number of hydrogen-bond donors (Lipinski definition) is 1. The minimum Gasteiger partial charge on any atom is -0.484 e. The van der Waals surface area contributed by atoms with Crippen LogP contribution in [0.3, 0.4) is 0 Å². The van der Waals surface area contributed by atoms with Gasteiger partial charge < -0.3 is 19.7 Å². The highest BCUT2D eigenvalue weighted by Crippen LogP contribution is 2.31. The maximum absolute atomic E-state index is 12.3. The van der Waals surface area contributed by atoms with E-state index in [1.807, 2.05) is 4.90 Å². The van der Waals surface area contributed by atoms with Gasteiger partial charge in [0.2, 0.25) is 0 Å². The number of anilines is 2. The van der Waals surface area contributed by atoms with Crippen LogP contribution in [-0.4, -0.2) is 43.7 Å². The van der Waals surface area contributed by atoms with E-state index in [0.29, 0.717) is 48.5 Å². The van der Waals surface area contributed by atoms with E-state index in [1.165, 1.54) is 18.2 Å². The Labute approximate surface area is 160 Å². The summed E-state index contributed by atoms with van der Waals surface area (Å²) in [6.07, 6.45) is 0. The highest BCUT2D eigenvalue weighted by atomic mass is 35.5. The summed E-state index contributed by atoms with van der Waals surface area (Å²) in [5, 5.41) is 14.4. The van der Waals surface area contributed by atoms with Crippen molar-refractivity contribution in [2.75, 3.05) is 43.1 Å². The summed E-state index contributed by atoms with van der Waals surface area (Å²) in [6, 6.07) is 11.0. The van der Waals surface area contributed by atoms with Gasteiger partial charge in [-0.2, -0.15) is 0 Å². The largest absolute Gasteiger partial charge is 0.484 e. The predicted octanol–water partition coefficient (Wildman–Crippen LogP) is 3.10. The molecule has 1 fully saturated rings. The van der Waals surface area contributed by atoms with Gasteiger partial charge in [-0.05, 0) is 30.3 Å². The molecule has 2 aromatic rings. The minimum absolute atomic E-state index is 0.0353. The van der Waals surface area contributed by atoms with Crippen molar-refractivity contribution in [2.24, 2.45) is 0 Å². The summed E-state index contributed by atoms with van der Waals surface area (Å²) >= 11 is 5.81. The second-order valence-electron chi connectivity index (χ2n) is 5.85. The number of halogens is 1. The summed E-state index contributed by atoms with van der Waals surface area (Å²) < 4.78 is 10.8. The third-order valence-electron chi connectivity index (χ3n) is 4.00. The average Bonchev–Trinajstić information content (AvgIpc) is 2.68. The number of rotatable bonds is 6. The smallest absolute Gasteiger partial charge is 0.271 e. The lowest BCUT2D eigenvalue weighted by Crippen LogP contribution is -2.37. The monoisotopic (exact) mass is 391 g/mol. The maximum Gasteiger partial charge on any atom is 0.271 e. The fourth-order valence-corrected chi connectivity index (χ4v) is 2.80. The topological polar surface area (TPSA) is 93.9 Å². The fraction of sp³-hybridized carbons (Fsp3) is 0.278. The lowest BCUT2D eigenvalue weighted by atomic mass is 10.2. The number of nitrogens with zero attached hydrogens (tertiary/aromatic N) is 2. The zero-order valence-corrected chi connectivity index (χ0v) is 15.1. The Balaban J connectivity index is 1.71. The van der Waals surface area contributed by atoms with Crippen molar-refractivity contribution in [3.05, 3.63) is 57.6 Å². The van der Waals surface area contributed by atoms with E-state index in [9.17, 15) is 14.9 Å². The SMILES string of the molecule is O=C(COc1ccc(Cl)cc1)Nc1ccc([N+](=O)[O-])cc1N1CCOCC1. The summed E-state index contributed by atoms with van der Waals surface area (Å²) in [5.41, 5.74) is 1.05. The van der Waals surface area contributed by atoms with Crippen molar-refractivity contribution in [3.8, 4) is 5.75 Å². The summed E-state index contributed by atoms with van der Waals surface area (Å²) in [5.74, 6) is 0.153. The van der Waals surface area contributed by atoms with E-state index in [2.05, 4.69) is 5.32 Å².